The second-order valence-electron chi connectivity index (χ2n) is 6.50. The van der Waals surface area contributed by atoms with Crippen molar-refractivity contribution in [1.82, 2.24) is 5.32 Å². The van der Waals surface area contributed by atoms with Crippen LogP contribution < -0.4 is 5.32 Å². The third-order valence-corrected chi connectivity index (χ3v) is 3.92. The maximum atomic E-state index is 10.6. The Bertz CT molecular complexity index is 406. The lowest BCUT2D eigenvalue weighted by Gasteiger charge is -2.31. The van der Waals surface area contributed by atoms with E-state index in [1.807, 2.05) is 6.92 Å². The molecule has 1 aromatic rings. The van der Waals surface area contributed by atoms with Crippen molar-refractivity contribution < 1.29 is 9.84 Å². The summed E-state index contributed by atoms with van der Waals surface area (Å²) in [5, 5.41) is 14.0. The predicted octanol–water partition coefficient (Wildman–Crippen LogP) is 2.48. The van der Waals surface area contributed by atoms with E-state index >= 15 is 0 Å². The van der Waals surface area contributed by atoms with Crippen molar-refractivity contribution in [2.24, 2.45) is 0 Å². The second-order valence-corrected chi connectivity index (χ2v) is 6.50. The standard InChI is InChI=1S/C17H27NO2/c1-13(2)15-6-4-14(5-7-15)10-17(3,19)11-16-12-20-9-8-18-16/h4-7,13,16,18-19H,8-12H2,1-3H3. The monoisotopic (exact) mass is 277 g/mol. The maximum Gasteiger partial charge on any atom is 0.0675 e. The molecule has 2 rings (SSSR count). The number of ether oxygens (including phenoxy) is 1. The molecule has 2 N–H and O–H groups in total. The number of hydrogen-bond acceptors (Lipinski definition) is 3. The molecule has 0 aromatic heterocycles. The van der Waals surface area contributed by atoms with E-state index in [1.54, 1.807) is 0 Å². The van der Waals surface area contributed by atoms with E-state index in [1.165, 1.54) is 11.1 Å². The number of hydrogen-bond donors (Lipinski definition) is 2. The van der Waals surface area contributed by atoms with E-state index < -0.39 is 5.60 Å². The van der Waals surface area contributed by atoms with Crippen molar-refractivity contribution in [3.8, 4) is 0 Å². The zero-order chi connectivity index (χ0) is 14.6. The van der Waals surface area contributed by atoms with Crippen LogP contribution in [-0.2, 0) is 11.2 Å². The van der Waals surface area contributed by atoms with Gasteiger partial charge in [0.15, 0.2) is 0 Å². The summed E-state index contributed by atoms with van der Waals surface area (Å²) in [5.74, 6) is 0.549. The highest BCUT2D eigenvalue weighted by Gasteiger charge is 2.27. The zero-order valence-corrected chi connectivity index (χ0v) is 12.9. The van der Waals surface area contributed by atoms with Gasteiger partial charge < -0.3 is 15.2 Å². The highest BCUT2D eigenvalue weighted by molar-refractivity contribution is 5.25. The predicted molar refractivity (Wildman–Crippen MR) is 82.1 cm³/mol. The van der Waals surface area contributed by atoms with Crippen LogP contribution in [0.1, 0.15) is 44.2 Å². The molecule has 1 fully saturated rings. The van der Waals surface area contributed by atoms with Gasteiger partial charge in [0.05, 0.1) is 18.8 Å². The third-order valence-electron chi connectivity index (χ3n) is 3.92. The first kappa shape index (κ1) is 15.5. The van der Waals surface area contributed by atoms with Crippen molar-refractivity contribution in [3.63, 3.8) is 0 Å². The summed E-state index contributed by atoms with van der Waals surface area (Å²) < 4.78 is 5.45. The molecular formula is C17H27NO2. The Kier molecular flexibility index (Phi) is 5.19. The summed E-state index contributed by atoms with van der Waals surface area (Å²) in [5.41, 5.74) is 1.84. The number of morpholine rings is 1. The van der Waals surface area contributed by atoms with Crippen molar-refractivity contribution in [2.45, 2.75) is 51.2 Å². The Morgan fingerprint density at radius 1 is 1.35 bits per heavy atom. The van der Waals surface area contributed by atoms with Crippen LogP contribution in [0.5, 0.6) is 0 Å². The van der Waals surface area contributed by atoms with Gasteiger partial charge in [0, 0.05) is 19.0 Å². The second kappa shape index (κ2) is 6.70. The molecule has 1 aliphatic rings. The number of benzene rings is 1. The van der Waals surface area contributed by atoms with Crippen LogP contribution in [-0.4, -0.2) is 36.5 Å². The summed E-state index contributed by atoms with van der Waals surface area (Å²) >= 11 is 0. The smallest absolute Gasteiger partial charge is 0.0675 e. The van der Waals surface area contributed by atoms with Crippen molar-refractivity contribution in [2.75, 3.05) is 19.8 Å². The van der Waals surface area contributed by atoms with Gasteiger partial charge in [-0.3, -0.25) is 0 Å². The fourth-order valence-corrected chi connectivity index (χ4v) is 2.81. The number of rotatable bonds is 5. The molecule has 0 amide bonds. The largest absolute Gasteiger partial charge is 0.390 e. The maximum absolute atomic E-state index is 10.6. The number of nitrogens with one attached hydrogen (secondary N) is 1. The average Bonchev–Trinajstić information content (AvgIpc) is 2.39. The van der Waals surface area contributed by atoms with Crippen LogP contribution in [0.3, 0.4) is 0 Å². The minimum absolute atomic E-state index is 0.258. The SMILES string of the molecule is CC(C)c1ccc(CC(C)(O)CC2COCCN2)cc1. The lowest BCUT2D eigenvalue weighted by Crippen LogP contribution is -2.46. The Labute approximate surface area is 122 Å². The molecule has 0 saturated carbocycles. The van der Waals surface area contributed by atoms with Crippen LogP contribution in [0.25, 0.3) is 0 Å². The Morgan fingerprint density at radius 3 is 2.60 bits per heavy atom. The summed E-state index contributed by atoms with van der Waals surface area (Å²) in [6.45, 7) is 8.65. The summed E-state index contributed by atoms with van der Waals surface area (Å²) in [6.07, 6.45) is 1.41. The molecule has 3 heteroatoms. The third kappa shape index (κ3) is 4.58. The van der Waals surface area contributed by atoms with Crippen molar-refractivity contribution in [1.29, 1.82) is 0 Å². The first-order valence-corrected chi connectivity index (χ1v) is 7.59. The van der Waals surface area contributed by atoms with E-state index in [-0.39, 0.29) is 6.04 Å². The van der Waals surface area contributed by atoms with Crippen molar-refractivity contribution in [3.05, 3.63) is 35.4 Å². The summed E-state index contributed by atoms with van der Waals surface area (Å²) in [6, 6.07) is 8.85. The van der Waals surface area contributed by atoms with E-state index in [0.29, 0.717) is 18.9 Å². The molecule has 1 aliphatic heterocycles. The Hall–Kier alpha value is -0.900. The molecule has 2 atom stereocenters. The molecule has 0 bridgehead atoms. The van der Waals surface area contributed by atoms with Crippen molar-refractivity contribution >= 4 is 0 Å². The summed E-state index contributed by atoms with van der Waals surface area (Å²) in [7, 11) is 0. The van der Waals surface area contributed by atoms with Gasteiger partial charge in [-0.25, -0.2) is 0 Å². The van der Waals surface area contributed by atoms with Gasteiger partial charge in [-0.1, -0.05) is 38.1 Å². The topological polar surface area (TPSA) is 41.5 Å². The summed E-state index contributed by atoms with van der Waals surface area (Å²) in [4.78, 5) is 0. The molecule has 1 saturated heterocycles. The molecule has 0 spiro atoms. The normalized spacial score (nSPS) is 22.8. The highest BCUT2D eigenvalue weighted by Crippen LogP contribution is 2.22. The molecule has 3 nitrogen and oxygen atoms in total. The van der Waals surface area contributed by atoms with Gasteiger partial charge in [-0.05, 0) is 30.4 Å². The number of aliphatic hydroxyl groups is 1. The van der Waals surface area contributed by atoms with Gasteiger partial charge in [0.1, 0.15) is 0 Å². The van der Waals surface area contributed by atoms with Crippen LogP contribution in [0, 0.1) is 0 Å². The fourth-order valence-electron chi connectivity index (χ4n) is 2.81. The van der Waals surface area contributed by atoms with Gasteiger partial charge in [-0.15, -0.1) is 0 Å². The molecule has 20 heavy (non-hydrogen) atoms. The van der Waals surface area contributed by atoms with E-state index in [2.05, 4.69) is 43.4 Å². The first-order valence-electron chi connectivity index (χ1n) is 7.59. The van der Waals surface area contributed by atoms with Crippen LogP contribution in [0.4, 0.5) is 0 Å². The van der Waals surface area contributed by atoms with Crippen LogP contribution in [0.15, 0.2) is 24.3 Å². The lowest BCUT2D eigenvalue weighted by atomic mass is 9.89. The van der Waals surface area contributed by atoms with E-state index in [9.17, 15) is 5.11 Å². The van der Waals surface area contributed by atoms with Gasteiger partial charge in [-0.2, -0.15) is 0 Å². The molecule has 0 aliphatic carbocycles. The minimum Gasteiger partial charge on any atom is -0.390 e. The zero-order valence-electron chi connectivity index (χ0n) is 12.9. The van der Waals surface area contributed by atoms with Crippen LogP contribution in [0.2, 0.25) is 0 Å². The fraction of sp³-hybridized carbons (Fsp3) is 0.647. The van der Waals surface area contributed by atoms with Crippen LogP contribution >= 0.6 is 0 Å². The molecule has 1 heterocycles. The van der Waals surface area contributed by atoms with E-state index in [4.69, 9.17) is 4.74 Å². The molecule has 2 unspecified atom stereocenters. The molecule has 0 radical (unpaired) electrons. The average molecular weight is 277 g/mol. The quantitative estimate of drug-likeness (QED) is 0.869. The van der Waals surface area contributed by atoms with E-state index in [0.717, 1.165) is 19.6 Å². The molecular weight excluding hydrogens is 250 g/mol. The molecule has 112 valence electrons. The first-order chi connectivity index (χ1) is 9.46. The Balaban J connectivity index is 1.92. The van der Waals surface area contributed by atoms with Gasteiger partial charge in [0.25, 0.3) is 0 Å². The molecule has 1 aromatic carbocycles. The highest BCUT2D eigenvalue weighted by atomic mass is 16.5. The minimum atomic E-state index is -0.697. The van der Waals surface area contributed by atoms with Gasteiger partial charge >= 0.3 is 0 Å². The Morgan fingerprint density at radius 2 is 2.05 bits per heavy atom. The lowest BCUT2D eigenvalue weighted by molar-refractivity contribution is 0.00651. The van der Waals surface area contributed by atoms with Gasteiger partial charge in [0.2, 0.25) is 0 Å².